The fraction of sp³-hybridized carbons (Fsp3) is 0.185. The van der Waals surface area contributed by atoms with Crippen molar-refractivity contribution >= 4 is 28.5 Å². The summed E-state index contributed by atoms with van der Waals surface area (Å²) in [5, 5.41) is 2.42. The van der Waals surface area contributed by atoms with E-state index in [1.165, 1.54) is 43.4 Å². The van der Waals surface area contributed by atoms with Gasteiger partial charge in [0.2, 0.25) is 0 Å². The van der Waals surface area contributed by atoms with Crippen LogP contribution < -0.4 is 11.1 Å². The summed E-state index contributed by atoms with van der Waals surface area (Å²) in [6.07, 6.45) is 0. The van der Waals surface area contributed by atoms with E-state index in [9.17, 15) is 14.0 Å². The number of benzene rings is 3. The maximum atomic E-state index is 16.1. The Morgan fingerprint density at radius 3 is 2.31 bits per heavy atom. The molecule has 180 valence electrons. The van der Waals surface area contributed by atoms with Crippen LogP contribution in [-0.4, -0.2) is 24.5 Å². The quantitative estimate of drug-likeness (QED) is 0.280. The number of anilines is 1. The molecule has 35 heavy (non-hydrogen) atoms. The molecule has 0 atom stereocenters. The molecule has 0 radical (unpaired) electrons. The normalized spacial score (nSPS) is 11.5. The minimum absolute atomic E-state index is 0.0134. The van der Waals surface area contributed by atoms with Crippen molar-refractivity contribution in [1.82, 2.24) is 5.32 Å². The molecule has 4 aromatic rings. The van der Waals surface area contributed by atoms with Crippen molar-refractivity contribution < 1.29 is 27.5 Å². The van der Waals surface area contributed by atoms with E-state index in [1.54, 1.807) is 39.0 Å². The number of fused-ring (bicyclic) bond motifs is 1. The van der Waals surface area contributed by atoms with Gasteiger partial charge in [0.1, 0.15) is 28.6 Å². The van der Waals surface area contributed by atoms with Crippen molar-refractivity contribution in [3.8, 4) is 22.5 Å². The van der Waals surface area contributed by atoms with Gasteiger partial charge in [0, 0.05) is 29.9 Å². The van der Waals surface area contributed by atoms with Gasteiger partial charge in [-0.1, -0.05) is 12.1 Å². The smallest absolute Gasteiger partial charge is 0.338 e. The summed E-state index contributed by atoms with van der Waals surface area (Å²) in [4.78, 5) is 25.4. The fourth-order valence-corrected chi connectivity index (χ4v) is 3.81. The zero-order chi connectivity index (χ0) is 25.5. The Morgan fingerprint density at radius 2 is 1.69 bits per heavy atom. The average Bonchev–Trinajstić information content (AvgIpc) is 3.17. The van der Waals surface area contributed by atoms with Gasteiger partial charge in [-0.2, -0.15) is 0 Å². The van der Waals surface area contributed by atoms with Gasteiger partial charge in [0.05, 0.1) is 16.5 Å². The first kappa shape index (κ1) is 23.9. The molecule has 0 saturated carbocycles. The van der Waals surface area contributed by atoms with Crippen LogP contribution in [0.1, 0.15) is 41.5 Å². The molecular weight excluding hydrogens is 454 g/mol. The van der Waals surface area contributed by atoms with E-state index < -0.39 is 29.1 Å². The lowest BCUT2D eigenvalue weighted by Gasteiger charge is -2.19. The molecule has 3 aromatic carbocycles. The highest BCUT2D eigenvalue weighted by molar-refractivity contribution is 6.13. The Kier molecular flexibility index (Phi) is 6.06. The predicted molar refractivity (Wildman–Crippen MR) is 130 cm³/mol. The van der Waals surface area contributed by atoms with Gasteiger partial charge in [0.15, 0.2) is 0 Å². The number of esters is 1. The highest BCUT2D eigenvalue weighted by Crippen LogP contribution is 2.41. The van der Waals surface area contributed by atoms with Gasteiger partial charge in [0.25, 0.3) is 5.91 Å². The lowest BCUT2D eigenvalue weighted by atomic mass is 9.96. The fourth-order valence-electron chi connectivity index (χ4n) is 3.81. The largest absolute Gasteiger partial charge is 0.456 e. The van der Waals surface area contributed by atoms with Gasteiger partial charge in [-0.25, -0.2) is 13.6 Å². The number of nitrogens with one attached hydrogen (secondary N) is 1. The van der Waals surface area contributed by atoms with Crippen LogP contribution in [0.25, 0.3) is 33.4 Å². The highest BCUT2D eigenvalue weighted by Gasteiger charge is 2.28. The van der Waals surface area contributed by atoms with E-state index in [2.05, 4.69) is 5.32 Å². The van der Waals surface area contributed by atoms with Crippen LogP contribution in [-0.2, 0) is 4.74 Å². The Morgan fingerprint density at radius 1 is 1.00 bits per heavy atom. The summed E-state index contributed by atoms with van der Waals surface area (Å²) in [5.41, 5.74) is 6.54. The Bertz CT molecular complexity index is 1450. The second-order valence-electron chi connectivity index (χ2n) is 9.00. The van der Waals surface area contributed by atoms with Crippen molar-refractivity contribution in [3.63, 3.8) is 0 Å². The molecule has 3 N–H and O–H groups in total. The number of halogens is 2. The number of hydrogen-bond donors (Lipinski definition) is 2. The maximum absolute atomic E-state index is 16.1. The third kappa shape index (κ3) is 4.59. The number of amides is 1. The molecule has 0 saturated heterocycles. The zero-order valence-corrected chi connectivity index (χ0v) is 19.7. The summed E-state index contributed by atoms with van der Waals surface area (Å²) in [5.74, 6) is -2.31. The predicted octanol–water partition coefficient (Wildman–Crippen LogP) is 5.94. The van der Waals surface area contributed by atoms with E-state index in [1.807, 2.05) is 0 Å². The Hall–Kier alpha value is -4.20. The third-order valence-corrected chi connectivity index (χ3v) is 5.30. The molecule has 1 amide bonds. The summed E-state index contributed by atoms with van der Waals surface area (Å²) in [6, 6.07) is 13.0. The number of carbonyl (C=O) groups excluding carboxylic acids is 2. The van der Waals surface area contributed by atoms with E-state index >= 15 is 4.39 Å². The number of ether oxygens (including phenoxy) is 1. The van der Waals surface area contributed by atoms with Crippen molar-refractivity contribution in [1.29, 1.82) is 0 Å². The maximum Gasteiger partial charge on any atom is 0.338 e. The number of nitrogens with two attached hydrogens (primary N) is 1. The second kappa shape index (κ2) is 8.87. The minimum Gasteiger partial charge on any atom is -0.456 e. The first-order chi connectivity index (χ1) is 16.5. The van der Waals surface area contributed by atoms with Crippen LogP contribution in [0.3, 0.4) is 0 Å². The minimum atomic E-state index is -0.781. The first-order valence-electron chi connectivity index (χ1n) is 10.9. The Labute approximate surface area is 200 Å². The molecule has 6 nitrogen and oxygen atoms in total. The second-order valence-corrected chi connectivity index (χ2v) is 9.00. The molecular formula is C27H24F2N2O4. The molecule has 0 aliphatic heterocycles. The van der Waals surface area contributed by atoms with Gasteiger partial charge in [-0.3, -0.25) is 4.79 Å². The number of hydrogen-bond acceptors (Lipinski definition) is 5. The molecule has 0 aliphatic rings. The number of furan rings is 1. The molecule has 1 heterocycles. The molecule has 0 unspecified atom stereocenters. The molecule has 0 fully saturated rings. The van der Waals surface area contributed by atoms with E-state index in [0.29, 0.717) is 11.1 Å². The summed E-state index contributed by atoms with van der Waals surface area (Å²) in [6.45, 7) is 5.24. The molecule has 0 spiro atoms. The average molecular weight is 478 g/mol. The van der Waals surface area contributed by atoms with Crippen LogP contribution in [0.5, 0.6) is 0 Å². The van der Waals surface area contributed by atoms with Gasteiger partial charge in [-0.05, 0) is 62.7 Å². The molecule has 4 rings (SSSR count). The summed E-state index contributed by atoms with van der Waals surface area (Å²) < 4.78 is 40.8. The van der Waals surface area contributed by atoms with Gasteiger partial charge < -0.3 is 20.2 Å². The van der Waals surface area contributed by atoms with Crippen molar-refractivity contribution in [3.05, 3.63) is 77.4 Å². The lowest BCUT2D eigenvalue weighted by Crippen LogP contribution is -2.23. The van der Waals surface area contributed by atoms with E-state index in [0.717, 1.165) is 0 Å². The summed E-state index contributed by atoms with van der Waals surface area (Å²) >= 11 is 0. The van der Waals surface area contributed by atoms with Crippen LogP contribution in [0.4, 0.5) is 14.5 Å². The number of nitrogen functional groups attached to an aromatic ring is 1. The molecule has 0 aliphatic carbocycles. The van der Waals surface area contributed by atoms with E-state index in [-0.39, 0.29) is 39.1 Å². The molecule has 8 heteroatoms. The van der Waals surface area contributed by atoms with Crippen LogP contribution >= 0.6 is 0 Å². The zero-order valence-electron chi connectivity index (χ0n) is 19.7. The first-order valence-corrected chi connectivity index (χ1v) is 10.9. The Balaban J connectivity index is 1.93. The van der Waals surface area contributed by atoms with Crippen LogP contribution in [0, 0.1) is 11.6 Å². The molecule has 1 aromatic heterocycles. The van der Waals surface area contributed by atoms with Gasteiger partial charge >= 0.3 is 5.97 Å². The third-order valence-electron chi connectivity index (χ3n) is 5.30. The highest BCUT2D eigenvalue weighted by atomic mass is 19.1. The standard InChI is InChI=1S/C27H24F2N2O4/c1-27(2,3)35-26(33)16-7-5-6-15(12-16)20-18(30)13-19-21(23(20)29)22(25(32)31-4)24(34-19)14-8-10-17(28)11-9-14/h5-13H,30H2,1-4H3,(H,31,32). The lowest BCUT2D eigenvalue weighted by molar-refractivity contribution is 0.00694. The molecule has 0 bridgehead atoms. The van der Waals surface area contributed by atoms with Crippen LogP contribution in [0.15, 0.2) is 59.0 Å². The number of rotatable bonds is 4. The van der Waals surface area contributed by atoms with Crippen molar-refractivity contribution in [2.45, 2.75) is 26.4 Å². The van der Waals surface area contributed by atoms with Crippen molar-refractivity contribution in [2.24, 2.45) is 0 Å². The SMILES string of the molecule is CNC(=O)c1c(-c2ccc(F)cc2)oc2cc(N)c(-c3cccc(C(=O)OC(C)(C)C)c3)c(F)c12. The monoisotopic (exact) mass is 478 g/mol. The van der Waals surface area contributed by atoms with Crippen molar-refractivity contribution in [2.75, 3.05) is 12.8 Å². The summed E-state index contributed by atoms with van der Waals surface area (Å²) in [7, 11) is 1.41. The number of carbonyl (C=O) groups is 2. The van der Waals surface area contributed by atoms with Gasteiger partial charge in [-0.15, -0.1) is 0 Å². The topological polar surface area (TPSA) is 94.6 Å². The van der Waals surface area contributed by atoms with Crippen LogP contribution in [0.2, 0.25) is 0 Å². The van der Waals surface area contributed by atoms with E-state index in [4.69, 9.17) is 14.9 Å².